The first-order chi connectivity index (χ1) is 9.56. The Morgan fingerprint density at radius 3 is 2.55 bits per heavy atom. The molecule has 1 aliphatic carbocycles. The maximum Gasteiger partial charge on any atom is 0.235 e. The van der Waals surface area contributed by atoms with Gasteiger partial charge in [0.1, 0.15) is 5.25 Å². The number of hydrogen-bond acceptors (Lipinski definition) is 2. The number of carbonyl (C=O) groups is 1. The van der Waals surface area contributed by atoms with E-state index in [0.29, 0.717) is 10.8 Å². The summed E-state index contributed by atoms with van der Waals surface area (Å²) in [7, 11) is -1.21. The predicted octanol–water partition coefficient (Wildman–Crippen LogP) is 3.04. The first-order valence-electron chi connectivity index (χ1n) is 6.98. The van der Waals surface area contributed by atoms with Crippen molar-refractivity contribution < 1.29 is 9.00 Å². The molecule has 1 N–H and O–H groups in total. The molecule has 2 atom stereocenters. The second-order valence-electron chi connectivity index (χ2n) is 5.28. The van der Waals surface area contributed by atoms with Crippen molar-refractivity contribution in [2.45, 2.75) is 49.7 Å². The Morgan fingerprint density at radius 1 is 1.35 bits per heavy atom. The lowest BCUT2D eigenvalue weighted by Gasteiger charge is -2.16. The van der Waals surface area contributed by atoms with E-state index >= 15 is 0 Å². The summed E-state index contributed by atoms with van der Waals surface area (Å²) in [6.45, 7) is 1.73. The van der Waals surface area contributed by atoms with Gasteiger partial charge in [-0.15, -0.1) is 0 Å². The van der Waals surface area contributed by atoms with Crippen LogP contribution in [0.1, 0.15) is 38.2 Å². The van der Waals surface area contributed by atoms with Gasteiger partial charge in [-0.25, -0.2) is 0 Å². The molecule has 0 spiro atoms. The van der Waals surface area contributed by atoms with Gasteiger partial charge in [-0.1, -0.05) is 36.6 Å². The summed E-state index contributed by atoms with van der Waals surface area (Å²) in [5, 5.41) is 3.18. The van der Waals surface area contributed by atoms with Crippen molar-refractivity contribution in [3.63, 3.8) is 0 Å². The van der Waals surface area contributed by atoms with Gasteiger partial charge in [0.05, 0.1) is 0 Å². The molecule has 1 aromatic carbocycles. The summed E-state index contributed by atoms with van der Waals surface area (Å²) in [5.41, 5.74) is 0.938. The van der Waals surface area contributed by atoms with Gasteiger partial charge in [-0.05, 0) is 37.5 Å². The van der Waals surface area contributed by atoms with Crippen LogP contribution in [-0.4, -0.2) is 21.4 Å². The Labute approximate surface area is 127 Å². The first kappa shape index (κ1) is 15.5. The predicted molar refractivity (Wildman–Crippen MR) is 83.2 cm³/mol. The highest BCUT2D eigenvalue weighted by Crippen LogP contribution is 2.18. The van der Waals surface area contributed by atoms with Crippen LogP contribution in [0.5, 0.6) is 0 Å². The van der Waals surface area contributed by atoms with Crippen molar-refractivity contribution >= 4 is 28.3 Å². The normalized spacial score (nSPS) is 18.7. The summed E-state index contributed by atoms with van der Waals surface area (Å²) >= 11 is 5.82. The SMILES string of the molecule is C[C@H](C(=O)NC1CCCC1)[S@@](=O)Cc1ccc(Cl)cc1. The first-order valence-corrected chi connectivity index (χ1v) is 8.74. The summed E-state index contributed by atoms with van der Waals surface area (Å²) in [6, 6.07) is 7.52. The molecule has 110 valence electrons. The fraction of sp³-hybridized carbons (Fsp3) is 0.533. The average molecular weight is 314 g/mol. The second-order valence-corrected chi connectivity index (χ2v) is 7.48. The number of carbonyl (C=O) groups excluding carboxylic acids is 1. The number of nitrogens with one attached hydrogen (secondary N) is 1. The third-order valence-corrected chi connectivity index (χ3v) is 5.56. The van der Waals surface area contributed by atoms with Crippen molar-refractivity contribution in [1.82, 2.24) is 5.32 Å². The molecule has 0 radical (unpaired) electrons. The van der Waals surface area contributed by atoms with Crippen molar-refractivity contribution in [2.24, 2.45) is 0 Å². The van der Waals surface area contributed by atoms with Crippen LogP contribution in [0, 0.1) is 0 Å². The van der Waals surface area contributed by atoms with Crippen LogP contribution in [0.3, 0.4) is 0 Å². The van der Waals surface area contributed by atoms with E-state index in [-0.39, 0.29) is 11.9 Å². The number of halogens is 1. The van der Waals surface area contributed by atoms with Gasteiger partial charge in [0.15, 0.2) is 0 Å². The van der Waals surface area contributed by atoms with Crippen LogP contribution in [0.15, 0.2) is 24.3 Å². The van der Waals surface area contributed by atoms with Gasteiger partial charge < -0.3 is 5.32 Å². The highest BCUT2D eigenvalue weighted by Gasteiger charge is 2.24. The minimum atomic E-state index is -1.21. The highest BCUT2D eigenvalue weighted by molar-refractivity contribution is 7.85. The topological polar surface area (TPSA) is 46.2 Å². The monoisotopic (exact) mass is 313 g/mol. The molecular weight excluding hydrogens is 294 g/mol. The van der Waals surface area contributed by atoms with Gasteiger partial charge in [0, 0.05) is 27.6 Å². The Balaban J connectivity index is 1.87. The number of benzene rings is 1. The van der Waals surface area contributed by atoms with Gasteiger partial charge in [-0.2, -0.15) is 0 Å². The molecule has 1 aliphatic rings. The average Bonchev–Trinajstić information content (AvgIpc) is 2.93. The van der Waals surface area contributed by atoms with Crippen molar-refractivity contribution in [1.29, 1.82) is 0 Å². The highest BCUT2D eigenvalue weighted by atomic mass is 35.5. The number of rotatable bonds is 5. The standard InChI is InChI=1S/C15H20ClNO2S/c1-11(15(18)17-14-4-2-3-5-14)20(19)10-12-6-8-13(16)9-7-12/h6-9,11,14H,2-5,10H2,1H3,(H,17,18)/t11-,20+/m1/s1. The van der Waals surface area contributed by atoms with E-state index in [1.165, 1.54) is 12.8 Å². The van der Waals surface area contributed by atoms with Crippen molar-refractivity contribution in [2.75, 3.05) is 0 Å². The van der Waals surface area contributed by atoms with Gasteiger partial charge >= 0.3 is 0 Å². The third-order valence-electron chi connectivity index (χ3n) is 3.69. The van der Waals surface area contributed by atoms with E-state index < -0.39 is 16.0 Å². The molecule has 3 nitrogen and oxygen atoms in total. The molecular formula is C15H20ClNO2S. The van der Waals surface area contributed by atoms with Crippen LogP contribution in [0.4, 0.5) is 0 Å². The Morgan fingerprint density at radius 2 is 1.95 bits per heavy atom. The lowest BCUT2D eigenvalue weighted by atomic mass is 10.2. The molecule has 20 heavy (non-hydrogen) atoms. The van der Waals surface area contributed by atoms with Crippen molar-refractivity contribution in [3.8, 4) is 0 Å². The number of amides is 1. The fourth-order valence-corrected chi connectivity index (χ4v) is 3.58. The number of hydrogen-bond donors (Lipinski definition) is 1. The molecule has 0 saturated heterocycles. The summed E-state index contributed by atoms with van der Waals surface area (Å²) in [5.74, 6) is 0.292. The van der Waals surface area contributed by atoms with E-state index in [0.717, 1.165) is 18.4 Å². The van der Waals surface area contributed by atoms with E-state index in [1.54, 1.807) is 19.1 Å². The molecule has 2 rings (SSSR count). The zero-order valence-electron chi connectivity index (χ0n) is 11.6. The van der Waals surface area contributed by atoms with Gasteiger partial charge in [0.2, 0.25) is 5.91 Å². The van der Waals surface area contributed by atoms with E-state index in [2.05, 4.69) is 5.32 Å². The van der Waals surface area contributed by atoms with Gasteiger partial charge in [0.25, 0.3) is 0 Å². The molecule has 5 heteroatoms. The third kappa shape index (κ3) is 4.32. The maximum atomic E-state index is 12.2. The smallest absolute Gasteiger partial charge is 0.235 e. The molecule has 0 heterocycles. The van der Waals surface area contributed by atoms with Crippen LogP contribution in [0.2, 0.25) is 5.02 Å². The second kappa shape index (κ2) is 7.23. The minimum absolute atomic E-state index is 0.0933. The molecule has 0 bridgehead atoms. The molecule has 0 unspecified atom stereocenters. The molecule has 1 amide bonds. The molecule has 0 aromatic heterocycles. The maximum absolute atomic E-state index is 12.2. The van der Waals surface area contributed by atoms with Crippen LogP contribution in [0.25, 0.3) is 0 Å². The molecule has 1 aromatic rings. The lowest BCUT2D eigenvalue weighted by Crippen LogP contribution is -2.40. The van der Waals surface area contributed by atoms with Crippen LogP contribution >= 0.6 is 11.6 Å². The molecule has 1 fully saturated rings. The lowest BCUT2D eigenvalue weighted by molar-refractivity contribution is -0.121. The van der Waals surface area contributed by atoms with Crippen LogP contribution in [-0.2, 0) is 21.3 Å². The Bertz CT molecular complexity index is 483. The summed E-state index contributed by atoms with van der Waals surface area (Å²) in [4.78, 5) is 12.1. The van der Waals surface area contributed by atoms with E-state index in [1.807, 2.05) is 12.1 Å². The summed E-state index contributed by atoms with van der Waals surface area (Å²) in [6.07, 6.45) is 4.44. The fourth-order valence-electron chi connectivity index (χ4n) is 2.38. The Hall–Kier alpha value is -0.870. The zero-order chi connectivity index (χ0) is 14.5. The molecule has 0 aliphatic heterocycles. The van der Waals surface area contributed by atoms with Crippen molar-refractivity contribution in [3.05, 3.63) is 34.9 Å². The Kier molecular flexibility index (Phi) is 5.61. The quantitative estimate of drug-likeness (QED) is 0.908. The largest absolute Gasteiger partial charge is 0.352 e. The van der Waals surface area contributed by atoms with E-state index in [9.17, 15) is 9.00 Å². The zero-order valence-corrected chi connectivity index (χ0v) is 13.2. The summed E-state index contributed by atoms with van der Waals surface area (Å²) < 4.78 is 12.2. The van der Waals surface area contributed by atoms with Crippen LogP contribution < -0.4 is 5.32 Å². The molecule has 1 saturated carbocycles. The van der Waals surface area contributed by atoms with Gasteiger partial charge in [-0.3, -0.25) is 9.00 Å². The minimum Gasteiger partial charge on any atom is -0.352 e. The van der Waals surface area contributed by atoms with E-state index in [4.69, 9.17) is 11.6 Å².